The van der Waals surface area contributed by atoms with Crippen LogP contribution in [0.3, 0.4) is 0 Å². The lowest BCUT2D eigenvalue weighted by atomic mass is 10.1. The average molecular weight is 285 g/mol. The van der Waals surface area contributed by atoms with Crippen LogP contribution in [0.4, 0.5) is 0 Å². The van der Waals surface area contributed by atoms with E-state index in [-0.39, 0.29) is 0 Å². The maximum absolute atomic E-state index is 8.49. The summed E-state index contributed by atoms with van der Waals surface area (Å²) in [6.07, 6.45) is 6.93. The molecule has 0 atom stereocenters. The van der Waals surface area contributed by atoms with Crippen LogP contribution >= 0.6 is 0 Å². The number of halogens is 1. The molecule has 1 aromatic rings. The molecular formula is C12H9ClO6. The Morgan fingerprint density at radius 1 is 1.11 bits per heavy atom. The minimum atomic E-state index is -4.94. The van der Waals surface area contributed by atoms with Crippen LogP contribution in [0.15, 0.2) is 48.3 Å². The lowest BCUT2D eigenvalue weighted by molar-refractivity contribution is -2.00. The van der Waals surface area contributed by atoms with Crippen molar-refractivity contribution in [3.05, 3.63) is 48.3 Å². The van der Waals surface area contributed by atoms with Crippen molar-refractivity contribution in [1.82, 2.24) is 0 Å². The first-order valence-electron chi connectivity index (χ1n) is 5.24. The lowest BCUT2D eigenvalue weighted by Crippen LogP contribution is -2.68. The summed E-state index contributed by atoms with van der Waals surface area (Å²) in [7, 11) is -4.94. The summed E-state index contributed by atoms with van der Waals surface area (Å²) in [5.74, 6) is 3.20. The van der Waals surface area contributed by atoms with Crippen LogP contribution in [0, 0.1) is 10.2 Å². The molecule has 1 aliphatic carbocycles. The van der Waals surface area contributed by atoms with Gasteiger partial charge in [-0.3, -0.25) is 0 Å². The van der Waals surface area contributed by atoms with Gasteiger partial charge in [-0.2, -0.15) is 4.42 Å². The van der Waals surface area contributed by atoms with E-state index in [2.05, 4.69) is 6.08 Å². The number of allylic oxidation sites excluding steroid dienone is 3. The number of ketones is 1. The van der Waals surface area contributed by atoms with E-state index in [1.807, 2.05) is 36.4 Å². The summed E-state index contributed by atoms with van der Waals surface area (Å²) in [6, 6.07) is 7.68. The molecule has 0 saturated heterocycles. The fourth-order valence-corrected chi connectivity index (χ4v) is 1.56. The largest absolute Gasteiger partial charge is 0.438 e. The smallest absolute Gasteiger partial charge is 0.395 e. The molecule has 3 rings (SSSR count). The minimum absolute atomic E-state index is 0.784. The van der Waals surface area contributed by atoms with E-state index < -0.39 is 10.2 Å². The summed E-state index contributed by atoms with van der Waals surface area (Å²) in [4.78, 5) is 0. The number of hydrogen-bond acceptors (Lipinski definition) is 5. The number of benzene rings is 1. The van der Waals surface area contributed by atoms with Crippen LogP contribution in [0.1, 0.15) is 6.42 Å². The molecule has 19 heavy (non-hydrogen) atoms. The van der Waals surface area contributed by atoms with Crippen molar-refractivity contribution < 1.29 is 38.0 Å². The molecule has 0 fully saturated rings. The van der Waals surface area contributed by atoms with E-state index in [0.717, 1.165) is 29.5 Å². The van der Waals surface area contributed by atoms with E-state index >= 15 is 0 Å². The maximum atomic E-state index is 8.49. The first-order valence-corrected chi connectivity index (χ1v) is 6.47. The molecule has 1 aliphatic heterocycles. The van der Waals surface area contributed by atoms with Gasteiger partial charge in [0.25, 0.3) is 0 Å². The van der Waals surface area contributed by atoms with Gasteiger partial charge in [-0.15, -0.1) is 10.2 Å². The zero-order valence-corrected chi connectivity index (χ0v) is 10.3. The predicted octanol–water partition coefficient (Wildman–Crippen LogP) is -2.02. The molecule has 6 nitrogen and oxygen atoms in total. The number of carbonyl (C=O) groups excluding carboxylic acids is 1. The SMILES string of the molecule is C1=CC2=[O+]c3ccccc3OC2=CC1.[O-][Cl+3]([O-])([O-])[O-]. The Morgan fingerprint density at radius 2 is 1.79 bits per heavy atom. The van der Waals surface area contributed by atoms with Crippen molar-refractivity contribution >= 4 is 5.78 Å². The van der Waals surface area contributed by atoms with Crippen molar-refractivity contribution in [2.45, 2.75) is 6.42 Å². The summed E-state index contributed by atoms with van der Waals surface area (Å²) < 4.78 is 45.3. The molecule has 2 aliphatic rings. The fourth-order valence-electron chi connectivity index (χ4n) is 1.56. The molecule has 0 unspecified atom stereocenters. The molecule has 1 aromatic carbocycles. The molecule has 0 spiro atoms. The second kappa shape index (κ2) is 5.52. The van der Waals surface area contributed by atoms with Crippen LogP contribution < -0.4 is 23.4 Å². The van der Waals surface area contributed by atoms with Gasteiger partial charge in [-0.25, -0.2) is 18.6 Å². The predicted molar refractivity (Wildman–Crippen MR) is 53.4 cm³/mol. The number of ether oxygens (including phenoxy) is 1. The van der Waals surface area contributed by atoms with Crippen molar-refractivity contribution in [1.29, 1.82) is 0 Å². The van der Waals surface area contributed by atoms with Gasteiger partial charge >= 0.3 is 11.5 Å². The van der Waals surface area contributed by atoms with Crippen molar-refractivity contribution in [2.24, 2.45) is 0 Å². The van der Waals surface area contributed by atoms with Gasteiger partial charge in [0, 0.05) is 12.1 Å². The van der Waals surface area contributed by atoms with E-state index in [4.69, 9.17) is 27.8 Å². The third kappa shape index (κ3) is 4.16. The normalized spacial score (nSPS) is 16.0. The van der Waals surface area contributed by atoms with Gasteiger partial charge in [-0.1, -0.05) is 18.2 Å². The molecule has 0 radical (unpaired) electrons. The van der Waals surface area contributed by atoms with Gasteiger partial charge in [0.15, 0.2) is 0 Å². The summed E-state index contributed by atoms with van der Waals surface area (Å²) in [5.41, 5.74) is 0. The van der Waals surface area contributed by atoms with Gasteiger partial charge in [-0.05, 0) is 18.6 Å². The second-order valence-corrected chi connectivity index (χ2v) is 4.36. The molecular weight excluding hydrogens is 276 g/mol. The zero-order valence-electron chi connectivity index (χ0n) is 9.58. The monoisotopic (exact) mass is 284 g/mol. The van der Waals surface area contributed by atoms with E-state index in [1.54, 1.807) is 0 Å². The Morgan fingerprint density at radius 3 is 2.53 bits per heavy atom. The number of fused-ring (bicyclic) bond motifs is 2. The number of rotatable bonds is 0. The Bertz CT molecular complexity index is 550. The average Bonchev–Trinajstić information content (AvgIpc) is 2.34. The van der Waals surface area contributed by atoms with Crippen molar-refractivity contribution in [3.63, 3.8) is 0 Å². The van der Waals surface area contributed by atoms with E-state index in [0.29, 0.717) is 0 Å². The quantitative estimate of drug-likeness (QED) is 0.511. The molecule has 1 heterocycles. The van der Waals surface area contributed by atoms with Crippen LogP contribution in [0.2, 0.25) is 0 Å². The highest BCUT2D eigenvalue weighted by atomic mass is 35.7. The Kier molecular flexibility index (Phi) is 3.98. The second-order valence-electron chi connectivity index (χ2n) is 3.60. The van der Waals surface area contributed by atoms with Crippen molar-refractivity contribution in [2.75, 3.05) is 0 Å². The molecule has 0 aromatic heterocycles. The van der Waals surface area contributed by atoms with E-state index in [9.17, 15) is 0 Å². The van der Waals surface area contributed by atoms with Crippen LogP contribution in [0.5, 0.6) is 11.5 Å². The summed E-state index contributed by atoms with van der Waals surface area (Å²) >= 11 is 0. The number of para-hydroxylation sites is 2. The molecule has 7 heteroatoms. The third-order valence-corrected chi connectivity index (χ3v) is 2.24. The lowest BCUT2D eigenvalue weighted by Gasteiger charge is -2.17. The fraction of sp³-hybridized carbons (Fsp3) is 0.0833. The summed E-state index contributed by atoms with van der Waals surface area (Å²) in [5, 5.41) is 0. The molecule has 0 amide bonds. The highest BCUT2D eigenvalue weighted by Crippen LogP contribution is 2.33. The van der Waals surface area contributed by atoms with Crippen molar-refractivity contribution in [3.8, 4) is 11.5 Å². The van der Waals surface area contributed by atoms with Gasteiger partial charge in [0.05, 0.1) is 0 Å². The molecule has 0 N–H and O–H groups in total. The van der Waals surface area contributed by atoms with Gasteiger partial charge < -0.3 is 4.74 Å². The number of hydrogen-bond donors (Lipinski definition) is 0. The minimum Gasteiger partial charge on any atom is -0.438 e. The third-order valence-electron chi connectivity index (χ3n) is 2.24. The zero-order chi connectivity index (χ0) is 13.9. The standard InChI is InChI=1S/C12H9O2.ClHO4/c1-2-6-10-9(5-1)13-11-7-3-4-8-12(11)14-10;2-1(3,4)5/h1-3,5-8H,4H2;(H,2,3,4,5)/q+1;/p-1. The highest BCUT2D eigenvalue weighted by Gasteiger charge is 2.29. The summed E-state index contributed by atoms with van der Waals surface area (Å²) in [6.45, 7) is 0. The topological polar surface area (TPSA) is 113 Å². The van der Waals surface area contributed by atoms with Crippen LogP contribution in [-0.2, 0) is 4.42 Å². The molecule has 100 valence electrons. The molecule has 0 bridgehead atoms. The maximum Gasteiger partial charge on any atom is 0.395 e. The Labute approximate surface area is 110 Å². The first-order chi connectivity index (χ1) is 8.93. The van der Waals surface area contributed by atoms with Gasteiger partial charge in [0.2, 0.25) is 11.5 Å². The Hall–Kier alpha value is -1.70. The first kappa shape index (κ1) is 13.7. The van der Waals surface area contributed by atoms with Crippen LogP contribution in [-0.4, -0.2) is 5.78 Å². The molecule has 0 saturated carbocycles. The Balaban J connectivity index is 0.000000232. The highest BCUT2D eigenvalue weighted by molar-refractivity contribution is 6.04. The van der Waals surface area contributed by atoms with E-state index in [1.165, 1.54) is 0 Å². The van der Waals surface area contributed by atoms with Crippen LogP contribution in [0.25, 0.3) is 0 Å². The van der Waals surface area contributed by atoms with Gasteiger partial charge in [0.1, 0.15) is 0 Å².